The van der Waals surface area contributed by atoms with Gasteiger partial charge in [0, 0.05) is 42.8 Å². The Balaban J connectivity index is 0.997. The minimum absolute atomic E-state index is 0.00147. The molecule has 8 rings (SSSR count). The molecular formula is C37H47N5O6. The molecule has 11 heteroatoms. The molecule has 3 aliphatic carbocycles. The largest absolute Gasteiger partial charge is 0.508 e. The number of phenols is 2. The van der Waals surface area contributed by atoms with Gasteiger partial charge in [-0.1, -0.05) is 27.7 Å². The van der Waals surface area contributed by atoms with Crippen molar-refractivity contribution in [2.24, 2.45) is 23.2 Å². The number of aliphatic hydroxyl groups excluding tert-OH is 1. The summed E-state index contributed by atoms with van der Waals surface area (Å²) in [5.41, 5.74) is 0.836. The first-order valence-corrected chi connectivity index (χ1v) is 17.3. The fourth-order valence-electron chi connectivity index (χ4n) is 8.83. The van der Waals surface area contributed by atoms with E-state index in [1.54, 1.807) is 6.07 Å². The van der Waals surface area contributed by atoms with Crippen LogP contribution in [0.15, 0.2) is 47.4 Å². The maximum absolute atomic E-state index is 13.3. The van der Waals surface area contributed by atoms with Crippen LogP contribution >= 0.6 is 0 Å². The lowest BCUT2D eigenvalue weighted by Crippen LogP contribution is -2.68. The number of phenolic OH excluding ortho intramolecular Hbond substituents is 2. The average molecular weight is 658 g/mol. The molecule has 1 amide bonds. The molecule has 4 atom stereocenters. The molecule has 1 aliphatic heterocycles. The summed E-state index contributed by atoms with van der Waals surface area (Å²) < 4.78 is 3.64. The third-order valence-electron chi connectivity index (χ3n) is 12.0. The Bertz CT molecular complexity index is 1910. The van der Waals surface area contributed by atoms with E-state index in [1.165, 1.54) is 10.6 Å². The standard InChI is InChI=1S/C37H47N5O6/c1-21(2)26-18-27(30(44)19-29(26)43)34-38-39-35(47)42(34)25-5-6-28-23(15-25)10-14-40(28)11-7-22-8-12-41(13-9-22)33(46)20-37(48)31-16-24(17-32(37)45)36(31,3)4/h5-6,10,14-15,18-19,21-22,24,31-32,43-45,48H,7-9,11-13,16-17,20H2,1-4H3,(H,39,47)/t24-,31-,32+,37-/m1/s1. The van der Waals surface area contributed by atoms with Gasteiger partial charge >= 0.3 is 5.69 Å². The predicted molar refractivity (Wildman–Crippen MR) is 182 cm³/mol. The summed E-state index contributed by atoms with van der Waals surface area (Å²) in [7, 11) is 0. The number of aromatic hydroxyl groups is 2. The molecule has 256 valence electrons. The number of aromatic nitrogens is 4. The van der Waals surface area contributed by atoms with E-state index < -0.39 is 17.4 Å². The SMILES string of the molecule is CC(C)c1cc(-c2n[nH]c(=O)n2-c2ccc3c(ccn3CCC3CCN(C(=O)C[C@@]4(O)[C@@H]5C[C@H](C[C@@H]4O)C5(C)C)CC3)c2)c(O)cc1O. The van der Waals surface area contributed by atoms with Crippen molar-refractivity contribution in [1.82, 2.24) is 24.2 Å². The number of nitrogens with one attached hydrogen (secondary N) is 1. The van der Waals surface area contributed by atoms with Gasteiger partial charge in [0.25, 0.3) is 0 Å². The normalized spacial score (nSPS) is 25.5. The molecule has 4 aromatic rings. The second kappa shape index (κ2) is 11.8. The topological polar surface area (TPSA) is 157 Å². The maximum Gasteiger partial charge on any atom is 0.348 e. The number of hydrogen-bond acceptors (Lipinski definition) is 7. The fourth-order valence-corrected chi connectivity index (χ4v) is 8.83. The number of benzene rings is 2. The zero-order chi connectivity index (χ0) is 34.1. The minimum atomic E-state index is -1.33. The number of H-pyrrole nitrogens is 1. The second-order valence-corrected chi connectivity index (χ2v) is 15.4. The van der Waals surface area contributed by atoms with Crippen molar-refractivity contribution in [2.75, 3.05) is 13.1 Å². The number of amides is 1. The van der Waals surface area contributed by atoms with Gasteiger partial charge in [-0.15, -0.1) is 0 Å². The Morgan fingerprint density at radius 2 is 1.81 bits per heavy atom. The minimum Gasteiger partial charge on any atom is -0.508 e. The van der Waals surface area contributed by atoms with Crippen LogP contribution in [0.5, 0.6) is 11.5 Å². The number of hydrogen-bond donors (Lipinski definition) is 5. The number of carbonyl (C=O) groups is 1. The first-order chi connectivity index (χ1) is 22.8. The van der Waals surface area contributed by atoms with Gasteiger partial charge in [-0.3, -0.25) is 4.79 Å². The lowest BCUT2D eigenvalue weighted by Gasteiger charge is -2.65. The van der Waals surface area contributed by atoms with Gasteiger partial charge in [0.1, 0.15) is 17.1 Å². The van der Waals surface area contributed by atoms with Gasteiger partial charge < -0.3 is 29.9 Å². The molecule has 1 saturated heterocycles. The molecular weight excluding hydrogens is 610 g/mol. The monoisotopic (exact) mass is 657 g/mol. The molecule has 11 nitrogen and oxygen atoms in total. The summed E-state index contributed by atoms with van der Waals surface area (Å²) in [6.45, 7) is 10.3. The lowest BCUT2D eigenvalue weighted by atomic mass is 9.43. The van der Waals surface area contributed by atoms with E-state index in [0.29, 0.717) is 48.2 Å². The molecule has 5 N–H and O–H groups in total. The third-order valence-corrected chi connectivity index (χ3v) is 12.0. The zero-order valence-electron chi connectivity index (χ0n) is 28.2. The van der Waals surface area contributed by atoms with Gasteiger partial charge in [-0.2, -0.15) is 5.10 Å². The molecule has 0 spiro atoms. The Hall–Kier alpha value is -4.09. The Labute approximate surface area is 279 Å². The van der Waals surface area contributed by atoms with Crippen LogP contribution in [0.25, 0.3) is 28.0 Å². The molecule has 48 heavy (non-hydrogen) atoms. The first kappa shape index (κ1) is 32.5. The highest BCUT2D eigenvalue weighted by atomic mass is 16.3. The Kier molecular flexibility index (Phi) is 7.98. The van der Waals surface area contributed by atoms with Crippen molar-refractivity contribution in [2.45, 2.75) is 90.4 Å². The quantitative estimate of drug-likeness (QED) is 0.181. The molecule has 2 bridgehead atoms. The van der Waals surface area contributed by atoms with Crippen LogP contribution in [0.2, 0.25) is 0 Å². The molecule has 4 fully saturated rings. The highest BCUT2D eigenvalue weighted by Gasteiger charge is 2.65. The van der Waals surface area contributed by atoms with Crippen molar-refractivity contribution >= 4 is 16.8 Å². The van der Waals surface area contributed by atoms with Gasteiger partial charge in [0.15, 0.2) is 5.82 Å². The number of carbonyl (C=O) groups excluding carboxylic acids is 1. The molecule has 0 radical (unpaired) electrons. The van der Waals surface area contributed by atoms with E-state index in [1.807, 2.05) is 43.0 Å². The van der Waals surface area contributed by atoms with Gasteiger partial charge in [0.05, 0.1) is 23.8 Å². The number of aromatic amines is 1. The third kappa shape index (κ3) is 5.31. The van der Waals surface area contributed by atoms with Crippen molar-refractivity contribution < 1.29 is 25.2 Å². The summed E-state index contributed by atoms with van der Waals surface area (Å²) in [5, 5.41) is 50.8. The van der Waals surface area contributed by atoms with Crippen LogP contribution in [0, 0.1) is 23.2 Å². The number of fused-ring (bicyclic) bond motifs is 3. The van der Waals surface area contributed by atoms with E-state index >= 15 is 0 Å². The molecule has 4 aliphatic rings. The van der Waals surface area contributed by atoms with E-state index in [-0.39, 0.29) is 46.9 Å². The fraction of sp³-hybridized carbons (Fsp3) is 0.541. The predicted octanol–water partition coefficient (Wildman–Crippen LogP) is 4.89. The van der Waals surface area contributed by atoms with E-state index in [4.69, 9.17) is 0 Å². The number of rotatable bonds is 8. The number of nitrogens with zero attached hydrogens (tertiary/aromatic N) is 4. The smallest absolute Gasteiger partial charge is 0.348 e. The summed E-state index contributed by atoms with van der Waals surface area (Å²) in [6.07, 6.45) is 5.45. The van der Waals surface area contributed by atoms with Gasteiger partial charge in [0.2, 0.25) is 5.91 Å². The molecule has 2 aromatic heterocycles. The molecule has 2 aromatic carbocycles. The van der Waals surface area contributed by atoms with Crippen LogP contribution in [0.1, 0.15) is 77.7 Å². The van der Waals surface area contributed by atoms with Gasteiger partial charge in [-0.05, 0) is 97.1 Å². The van der Waals surface area contributed by atoms with E-state index in [9.17, 15) is 30.0 Å². The summed E-state index contributed by atoms with van der Waals surface area (Å²) in [4.78, 5) is 28.1. The number of aryl methyl sites for hydroxylation is 1. The number of aliphatic hydroxyl groups is 2. The number of likely N-dealkylation sites (tertiary alicyclic amines) is 1. The first-order valence-electron chi connectivity index (χ1n) is 17.3. The lowest BCUT2D eigenvalue weighted by molar-refractivity contribution is -0.255. The summed E-state index contributed by atoms with van der Waals surface area (Å²) in [5.74, 6) is 0.886. The van der Waals surface area contributed by atoms with E-state index in [2.05, 4.69) is 34.8 Å². The second-order valence-electron chi connectivity index (χ2n) is 15.4. The molecule has 3 heterocycles. The van der Waals surface area contributed by atoms with Crippen LogP contribution in [0.4, 0.5) is 0 Å². The van der Waals surface area contributed by atoms with Crippen LogP contribution in [-0.2, 0) is 11.3 Å². The summed E-state index contributed by atoms with van der Waals surface area (Å²) in [6, 6.07) is 10.8. The van der Waals surface area contributed by atoms with Crippen molar-refractivity contribution in [3.63, 3.8) is 0 Å². The molecule has 3 saturated carbocycles. The summed E-state index contributed by atoms with van der Waals surface area (Å²) >= 11 is 0. The van der Waals surface area contributed by atoms with Gasteiger partial charge in [-0.25, -0.2) is 14.5 Å². The van der Waals surface area contributed by atoms with E-state index in [0.717, 1.165) is 43.1 Å². The maximum atomic E-state index is 13.3. The molecule has 0 unspecified atom stereocenters. The highest BCUT2D eigenvalue weighted by molar-refractivity contribution is 5.83. The van der Waals surface area contributed by atoms with Crippen LogP contribution in [-0.4, -0.2) is 75.4 Å². The zero-order valence-corrected chi connectivity index (χ0v) is 28.2. The van der Waals surface area contributed by atoms with Crippen LogP contribution < -0.4 is 5.69 Å². The average Bonchev–Trinajstić information content (AvgIpc) is 3.63. The Morgan fingerprint density at radius 3 is 2.52 bits per heavy atom. The Morgan fingerprint density at radius 1 is 1.06 bits per heavy atom. The van der Waals surface area contributed by atoms with Crippen molar-refractivity contribution in [1.29, 1.82) is 0 Å². The number of piperidine rings is 1. The van der Waals surface area contributed by atoms with Crippen molar-refractivity contribution in [3.8, 4) is 28.6 Å². The highest BCUT2D eigenvalue weighted by Crippen LogP contribution is 2.63. The van der Waals surface area contributed by atoms with Crippen molar-refractivity contribution in [3.05, 3.63) is 58.6 Å². The van der Waals surface area contributed by atoms with Crippen LogP contribution in [0.3, 0.4) is 0 Å².